The lowest BCUT2D eigenvalue weighted by Crippen LogP contribution is -1.96. The number of rotatable bonds is 6. The molecule has 0 aliphatic rings. The Morgan fingerprint density at radius 2 is 1.48 bits per heavy atom. The van der Waals surface area contributed by atoms with Gasteiger partial charge in [-0.05, 0) is 24.3 Å². The maximum Gasteiger partial charge on any atom is 0.203 e. The van der Waals surface area contributed by atoms with Crippen molar-refractivity contribution in [2.24, 2.45) is 10.2 Å². The van der Waals surface area contributed by atoms with Gasteiger partial charge in [0.15, 0.2) is 11.5 Å². The van der Waals surface area contributed by atoms with Gasteiger partial charge in [0.25, 0.3) is 0 Å². The van der Waals surface area contributed by atoms with E-state index in [0.29, 0.717) is 22.8 Å². The molecule has 0 spiro atoms. The standard InChI is InChI=1S/C17H18N2O4/c1-21-15-8-12(9-16(22-2)17(15)23-3)10-18-19-11-13-6-4-5-7-14(13)20/h4-11,20H,1-3H3/b18-10+,19-11+. The molecule has 0 aromatic heterocycles. The van der Waals surface area contributed by atoms with Crippen molar-refractivity contribution in [3.05, 3.63) is 47.5 Å². The van der Waals surface area contributed by atoms with Crippen LogP contribution in [0.5, 0.6) is 23.0 Å². The average molecular weight is 314 g/mol. The predicted molar refractivity (Wildman–Crippen MR) is 89.4 cm³/mol. The van der Waals surface area contributed by atoms with Crippen molar-refractivity contribution in [3.8, 4) is 23.0 Å². The fourth-order valence-electron chi connectivity index (χ4n) is 1.97. The summed E-state index contributed by atoms with van der Waals surface area (Å²) < 4.78 is 15.8. The summed E-state index contributed by atoms with van der Waals surface area (Å²) in [6, 6.07) is 10.4. The van der Waals surface area contributed by atoms with Crippen molar-refractivity contribution in [1.82, 2.24) is 0 Å². The molecular formula is C17H18N2O4. The smallest absolute Gasteiger partial charge is 0.203 e. The van der Waals surface area contributed by atoms with Crippen LogP contribution in [0.3, 0.4) is 0 Å². The maximum absolute atomic E-state index is 9.63. The molecule has 6 nitrogen and oxygen atoms in total. The van der Waals surface area contributed by atoms with Gasteiger partial charge in [-0.3, -0.25) is 0 Å². The van der Waals surface area contributed by atoms with E-state index in [1.165, 1.54) is 6.21 Å². The first-order valence-electron chi connectivity index (χ1n) is 6.84. The zero-order valence-corrected chi connectivity index (χ0v) is 13.2. The average Bonchev–Trinajstić information content (AvgIpc) is 2.59. The van der Waals surface area contributed by atoms with Gasteiger partial charge in [0.05, 0.1) is 33.8 Å². The van der Waals surface area contributed by atoms with E-state index in [9.17, 15) is 5.11 Å². The molecule has 0 bridgehead atoms. The number of nitrogens with zero attached hydrogens (tertiary/aromatic N) is 2. The topological polar surface area (TPSA) is 72.6 Å². The van der Waals surface area contributed by atoms with Crippen LogP contribution in [0, 0.1) is 0 Å². The van der Waals surface area contributed by atoms with Gasteiger partial charge in [-0.1, -0.05) is 12.1 Å². The molecule has 2 aromatic rings. The summed E-state index contributed by atoms with van der Waals surface area (Å²) in [4.78, 5) is 0. The van der Waals surface area contributed by atoms with Crippen LogP contribution in [0.1, 0.15) is 11.1 Å². The first kappa shape index (κ1) is 16.4. The molecule has 2 rings (SSSR count). The minimum Gasteiger partial charge on any atom is -0.507 e. The van der Waals surface area contributed by atoms with E-state index in [0.717, 1.165) is 5.56 Å². The number of hydrogen-bond donors (Lipinski definition) is 1. The van der Waals surface area contributed by atoms with Crippen LogP contribution in [0.25, 0.3) is 0 Å². The van der Waals surface area contributed by atoms with Gasteiger partial charge in [-0.25, -0.2) is 0 Å². The Labute approximate surface area is 134 Å². The Bertz CT molecular complexity index is 701. The fourth-order valence-corrected chi connectivity index (χ4v) is 1.97. The normalized spacial score (nSPS) is 11.1. The Morgan fingerprint density at radius 3 is 2.04 bits per heavy atom. The molecule has 2 aromatic carbocycles. The van der Waals surface area contributed by atoms with Crippen LogP contribution < -0.4 is 14.2 Å². The summed E-state index contributed by atoms with van der Waals surface area (Å²) in [5, 5.41) is 17.5. The van der Waals surface area contributed by atoms with Crippen molar-refractivity contribution >= 4 is 12.4 Å². The zero-order valence-electron chi connectivity index (χ0n) is 13.2. The molecule has 0 saturated carbocycles. The number of benzene rings is 2. The number of phenols is 1. The SMILES string of the molecule is COc1cc(/C=N/N=C/c2ccccc2O)cc(OC)c1OC. The summed E-state index contributed by atoms with van der Waals surface area (Å²) in [6.45, 7) is 0. The largest absolute Gasteiger partial charge is 0.507 e. The van der Waals surface area contributed by atoms with Crippen LogP contribution in [-0.4, -0.2) is 38.9 Å². The number of hydrogen-bond acceptors (Lipinski definition) is 6. The first-order valence-corrected chi connectivity index (χ1v) is 6.84. The summed E-state index contributed by atoms with van der Waals surface area (Å²) in [6.07, 6.45) is 3.03. The van der Waals surface area contributed by atoms with Crippen molar-refractivity contribution in [3.63, 3.8) is 0 Å². The Morgan fingerprint density at radius 1 is 0.870 bits per heavy atom. The highest BCUT2D eigenvalue weighted by atomic mass is 16.5. The fraction of sp³-hybridized carbons (Fsp3) is 0.176. The Hall–Kier alpha value is -3.02. The third kappa shape index (κ3) is 4.00. The van der Waals surface area contributed by atoms with E-state index in [1.807, 2.05) is 6.07 Å². The van der Waals surface area contributed by atoms with Gasteiger partial charge < -0.3 is 19.3 Å². The summed E-state index contributed by atoms with van der Waals surface area (Å²) in [5.41, 5.74) is 1.34. The second-order valence-corrected chi connectivity index (χ2v) is 4.51. The maximum atomic E-state index is 9.63. The van der Waals surface area contributed by atoms with Crippen LogP contribution in [0.15, 0.2) is 46.6 Å². The molecule has 6 heteroatoms. The molecule has 0 atom stereocenters. The first-order chi connectivity index (χ1) is 11.2. The summed E-state index contributed by atoms with van der Waals surface area (Å²) >= 11 is 0. The second-order valence-electron chi connectivity index (χ2n) is 4.51. The lowest BCUT2D eigenvalue weighted by atomic mass is 10.2. The van der Waals surface area contributed by atoms with Gasteiger partial charge in [-0.2, -0.15) is 10.2 Å². The Balaban J connectivity index is 2.21. The van der Waals surface area contributed by atoms with Crippen molar-refractivity contribution in [2.75, 3.05) is 21.3 Å². The number of aromatic hydroxyl groups is 1. The molecule has 120 valence electrons. The predicted octanol–water partition coefficient (Wildman–Crippen LogP) is 2.87. The molecule has 0 aliphatic carbocycles. The third-order valence-electron chi connectivity index (χ3n) is 3.09. The lowest BCUT2D eigenvalue weighted by Gasteiger charge is -2.12. The number of ether oxygens (including phenoxy) is 3. The van der Waals surface area contributed by atoms with E-state index in [1.54, 1.807) is 57.9 Å². The molecule has 23 heavy (non-hydrogen) atoms. The van der Waals surface area contributed by atoms with Crippen molar-refractivity contribution in [2.45, 2.75) is 0 Å². The highest BCUT2D eigenvalue weighted by Gasteiger charge is 2.12. The molecule has 0 saturated heterocycles. The van der Waals surface area contributed by atoms with E-state index >= 15 is 0 Å². The Kier molecular flexibility index (Phi) is 5.57. The monoisotopic (exact) mass is 314 g/mol. The third-order valence-corrected chi connectivity index (χ3v) is 3.09. The van der Waals surface area contributed by atoms with Gasteiger partial charge >= 0.3 is 0 Å². The molecule has 0 unspecified atom stereocenters. The van der Waals surface area contributed by atoms with E-state index in [2.05, 4.69) is 10.2 Å². The highest BCUT2D eigenvalue weighted by molar-refractivity contribution is 5.85. The van der Waals surface area contributed by atoms with E-state index in [4.69, 9.17) is 14.2 Å². The summed E-state index contributed by atoms with van der Waals surface area (Å²) in [5.74, 6) is 1.75. The molecular weight excluding hydrogens is 296 g/mol. The quantitative estimate of drug-likeness (QED) is 0.657. The highest BCUT2D eigenvalue weighted by Crippen LogP contribution is 2.37. The van der Waals surface area contributed by atoms with E-state index < -0.39 is 0 Å². The van der Waals surface area contributed by atoms with Gasteiger partial charge in [0.1, 0.15) is 5.75 Å². The van der Waals surface area contributed by atoms with Crippen LogP contribution >= 0.6 is 0 Å². The van der Waals surface area contributed by atoms with E-state index in [-0.39, 0.29) is 5.75 Å². The minimum atomic E-state index is 0.152. The van der Waals surface area contributed by atoms with Crippen LogP contribution in [0.4, 0.5) is 0 Å². The number of phenolic OH excluding ortho intramolecular Hbond substituents is 1. The molecule has 0 heterocycles. The van der Waals surface area contributed by atoms with Crippen molar-refractivity contribution < 1.29 is 19.3 Å². The van der Waals surface area contributed by atoms with Gasteiger partial charge in [0, 0.05) is 11.1 Å². The molecule has 1 N–H and O–H groups in total. The van der Waals surface area contributed by atoms with Crippen LogP contribution in [-0.2, 0) is 0 Å². The molecule has 0 aliphatic heterocycles. The van der Waals surface area contributed by atoms with Crippen molar-refractivity contribution in [1.29, 1.82) is 0 Å². The molecule has 0 radical (unpaired) electrons. The number of para-hydroxylation sites is 1. The second kappa shape index (κ2) is 7.84. The van der Waals surface area contributed by atoms with Gasteiger partial charge in [-0.15, -0.1) is 0 Å². The molecule has 0 amide bonds. The van der Waals surface area contributed by atoms with Gasteiger partial charge in [0.2, 0.25) is 5.75 Å². The zero-order chi connectivity index (χ0) is 16.7. The van der Waals surface area contributed by atoms with Crippen LogP contribution in [0.2, 0.25) is 0 Å². The minimum absolute atomic E-state index is 0.152. The number of methoxy groups -OCH3 is 3. The lowest BCUT2D eigenvalue weighted by molar-refractivity contribution is 0.324. The summed E-state index contributed by atoms with van der Waals surface area (Å²) in [7, 11) is 4.65. The molecule has 0 fully saturated rings.